The number of aromatic nitrogens is 2. The number of rotatable bonds is 9. The number of benzene rings is 1. The number of aryl methyl sites for hydroxylation is 1. The highest BCUT2D eigenvalue weighted by atomic mass is 32.1. The molecule has 146 valence electrons. The lowest BCUT2D eigenvalue weighted by atomic mass is 10.1. The highest BCUT2D eigenvalue weighted by Gasteiger charge is 2.15. The molecular weight excluding hydrogens is 376 g/mol. The van der Waals surface area contributed by atoms with Gasteiger partial charge in [0, 0.05) is 6.42 Å². The van der Waals surface area contributed by atoms with Crippen LogP contribution in [0.3, 0.4) is 0 Å². The summed E-state index contributed by atoms with van der Waals surface area (Å²) in [4.78, 5) is 12.4. The minimum atomic E-state index is -0.509. The van der Waals surface area contributed by atoms with Crippen LogP contribution in [0.1, 0.15) is 49.6 Å². The number of fused-ring (bicyclic) bond motifs is 1. The van der Waals surface area contributed by atoms with Gasteiger partial charge < -0.3 is 9.47 Å². The molecule has 0 spiro atoms. The third kappa shape index (κ3) is 5.30. The summed E-state index contributed by atoms with van der Waals surface area (Å²) < 4.78 is 10.6. The lowest BCUT2D eigenvalue weighted by molar-refractivity contribution is -0.112. The smallest absolute Gasteiger partial charge is 0.268 e. The zero-order chi connectivity index (χ0) is 19.8. The van der Waals surface area contributed by atoms with Crippen molar-refractivity contribution in [1.82, 2.24) is 10.2 Å². The Bertz CT molecular complexity index is 901. The molecule has 1 aliphatic heterocycles. The van der Waals surface area contributed by atoms with Crippen LogP contribution in [0.2, 0.25) is 0 Å². The highest BCUT2D eigenvalue weighted by Crippen LogP contribution is 2.33. The van der Waals surface area contributed by atoms with Crippen LogP contribution in [0.15, 0.2) is 23.8 Å². The van der Waals surface area contributed by atoms with Crippen molar-refractivity contribution in [3.05, 3.63) is 34.3 Å². The summed E-state index contributed by atoms with van der Waals surface area (Å²) in [5, 5.41) is 21.4. The Morgan fingerprint density at radius 1 is 1.25 bits per heavy atom. The molecule has 3 rings (SSSR count). The van der Waals surface area contributed by atoms with Gasteiger partial charge in [-0.05, 0) is 30.2 Å². The predicted octanol–water partition coefficient (Wildman–Crippen LogP) is 4.33. The molecule has 1 amide bonds. The lowest BCUT2D eigenvalue weighted by Gasteiger charge is -2.01. The standard InChI is InChI=1S/C20H22N4O3S/c1-2-3-4-5-6-7-18-23-24-20(28-18)22-19(25)15(12-21)10-14-8-9-16-17(11-14)27-13-26-16/h8-11H,2-7,13H2,1H3,(H,22,24,25)/b15-10-. The molecular formula is C20H22N4O3S. The van der Waals surface area contributed by atoms with E-state index in [4.69, 9.17) is 9.47 Å². The maximum Gasteiger partial charge on any atom is 0.268 e. The maximum absolute atomic E-state index is 12.4. The third-order valence-corrected chi connectivity index (χ3v) is 5.15. The third-order valence-electron chi connectivity index (χ3n) is 4.25. The number of nitriles is 1. The maximum atomic E-state index is 12.4. The number of nitrogens with one attached hydrogen (secondary N) is 1. The summed E-state index contributed by atoms with van der Waals surface area (Å²) in [6.45, 7) is 2.36. The van der Waals surface area contributed by atoms with Crippen LogP contribution >= 0.6 is 11.3 Å². The number of ether oxygens (including phenoxy) is 2. The highest BCUT2D eigenvalue weighted by molar-refractivity contribution is 7.15. The first-order valence-corrected chi connectivity index (χ1v) is 10.2. The molecule has 0 radical (unpaired) electrons. The van der Waals surface area contributed by atoms with Crippen molar-refractivity contribution in [2.75, 3.05) is 12.1 Å². The fraction of sp³-hybridized carbons (Fsp3) is 0.400. The van der Waals surface area contributed by atoms with Crippen LogP contribution in [0.25, 0.3) is 6.08 Å². The van der Waals surface area contributed by atoms with Crippen LogP contribution < -0.4 is 14.8 Å². The Morgan fingerprint density at radius 3 is 2.89 bits per heavy atom. The van der Waals surface area contributed by atoms with E-state index in [-0.39, 0.29) is 12.4 Å². The topological polar surface area (TPSA) is 97.1 Å². The van der Waals surface area contributed by atoms with E-state index in [0.29, 0.717) is 22.2 Å². The Hall–Kier alpha value is -2.92. The summed E-state index contributed by atoms with van der Waals surface area (Å²) in [5.41, 5.74) is 0.663. The van der Waals surface area contributed by atoms with Gasteiger partial charge in [0.15, 0.2) is 11.5 Å². The molecule has 0 fully saturated rings. The number of nitrogens with zero attached hydrogens (tertiary/aromatic N) is 3. The molecule has 2 heterocycles. The minimum Gasteiger partial charge on any atom is -0.454 e. The second kappa shape index (κ2) is 9.85. The van der Waals surface area contributed by atoms with Crippen LogP contribution in [0, 0.1) is 11.3 Å². The summed E-state index contributed by atoms with van der Waals surface area (Å²) in [6, 6.07) is 7.18. The number of carbonyl (C=O) groups is 1. The number of hydrogen-bond acceptors (Lipinski definition) is 7. The van der Waals surface area contributed by atoms with Gasteiger partial charge in [-0.25, -0.2) is 0 Å². The number of amides is 1. The van der Waals surface area contributed by atoms with Gasteiger partial charge in [-0.3, -0.25) is 10.1 Å². The molecule has 1 aromatic heterocycles. The van der Waals surface area contributed by atoms with Crippen molar-refractivity contribution in [3.63, 3.8) is 0 Å². The van der Waals surface area contributed by atoms with Gasteiger partial charge in [0.2, 0.25) is 11.9 Å². The summed E-state index contributed by atoms with van der Waals surface area (Å²) in [6.07, 6.45) is 8.31. The van der Waals surface area contributed by atoms with Crippen LogP contribution in [-0.2, 0) is 11.2 Å². The van der Waals surface area contributed by atoms with E-state index in [1.165, 1.54) is 43.1 Å². The normalized spacial score (nSPS) is 12.6. The van der Waals surface area contributed by atoms with Crippen LogP contribution in [0.5, 0.6) is 11.5 Å². The lowest BCUT2D eigenvalue weighted by Crippen LogP contribution is -2.13. The fourth-order valence-corrected chi connectivity index (χ4v) is 3.54. The van der Waals surface area contributed by atoms with Crippen molar-refractivity contribution >= 4 is 28.5 Å². The number of carbonyl (C=O) groups excluding carboxylic acids is 1. The second-order valence-corrected chi connectivity index (χ2v) is 7.46. The Morgan fingerprint density at radius 2 is 2.07 bits per heavy atom. The van der Waals surface area contributed by atoms with E-state index in [1.807, 2.05) is 6.07 Å². The first kappa shape index (κ1) is 19.8. The predicted molar refractivity (Wildman–Crippen MR) is 107 cm³/mol. The quantitative estimate of drug-likeness (QED) is 0.384. The molecule has 28 heavy (non-hydrogen) atoms. The minimum absolute atomic E-state index is 0.0184. The molecule has 0 saturated heterocycles. The van der Waals surface area contributed by atoms with Gasteiger partial charge in [0.1, 0.15) is 16.6 Å². The van der Waals surface area contributed by atoms with Gasteiger partial charge in [-0.2, -0.15) is 5.26 Å². The molecule has 0 aliphatic carbocycles. The van der Waals surface area contributed by atoms with Crippen LogP contribution in [0.4, 0.5) is 5.13 Å². The first-order chi connectivity index (χ1) is 13.7. The zero-order valence-electron chi connectivity index (χ0n) is 15.7. The Kier molecular flexibility index (Phi) is 6.98. The van der Waals surface area contributed by atoms with Gasteiger partial charge >= 0.3 is 0 Å². The molecule has 7 nitrogen and oxygen atoms in total. The zero-order valence-corrected chi connectivity index (χ0v) is 16.6. The van der Waals surface area contributed by atoms with Crippen molar-refractivity contribution in [2.45, 2.75) is 45.4 Å². The molecule has 1 aliphatic rings. The summed E-state index contributed by atoms with van der Waals surface area (Å²) >= 11 is 1.35. The SMILES string of the molecule is CCCCCCCc1nnc(NC(=O)/C(C#N)=C\c2ccc3c(c2)OCO3)s1. The molecule has 0 bridgehead atoms. The van der Waals surface area contributed by atoms with E-state index in [0.717, 1.165) is 17.8 Å². The number of unbranched alkanes of at least 4 members (excludes halogenated alkanes) is 4. The van der Waals surface area contributed by atoms with Crippen molar-refractivity contribution in [2.24, 2.45) is 0 Å². The van der Waals surface area contributed by atoms with Crippen LogP contribution in [-0.4, -0.2) is 22.9 Å². The number of anilines is 1. The summed E-state index contributed by atoms with van der Waals surface area (Å²) in [7, 11) is 0. The Labute approximate surface area is 168 Å². The molecule has 0 unspecified atom stereocenters. The Balaban J connectivity index is 1.58. The van der Waals surface area contributed by atoms with Crippen molar-refractivity contribution < 1.29 is 14.3 Å². The van der Waals surface area contributed by atoms with E-state index < -0.39 is 5.91 Å². The molecule has 1 N–H and O–H groups in total. The van der Waals surface area contributed by atoms with Gasteiger partial charge in [0.25, 0.3) is 5.91 Å². The molecule has 2 aromatic rings. The average molecular weight is 398 g/mol. The van der Waals surface area contributed by atoms with Crippen molar-refractivity contribution in [3.8, 4) is 17.6 Å². The molecule has 8 heteroatoms. The molecule has 1 aromatic carbocycles. The van der Waals surface area contributed by atoms with Gasteiger partial charge in [-0.1, -0.05) is 50.0 Å². The van der Waals surface area contributed by atoms with E-state index in [9.17, 15) is 10.1 Å². The number of hydrogen-bond donors (Lipinski definition) is 1. The van der Waals surface area contributed by atoms with E-state index in [2.05, 4.69) is 22.4 Å². The van der Waals surface area contributed by atoms with Gasteiger partial charge in [0.05, 0.1) is 0 Å². The molecule has 0 saturated carbocycles. The van der Waals surface area contributed by atoms with E-state index in [1.54, 1.807) is 18.2 Å². The first-order valence-electron chi connectivity index (χ1n) is 9.34. The van der Waals surface area contributed by atoms with E-state index >= 15 is 0 Å². The largest absolute Gasteiger partial charge is 0.454 e. The second-order valence-electron chi connectivity index (χ2n) is 6.40. The average Bonchev–Trinajstić information content (AvgIpc) is 3.34. The fourth-order valence-electron chi connectivity index (χ4n) is 2.77. The molecule has 0 atom stereocenters. The van der Waals surface area contributed by atoms with Crippen molar-refractivity contribution in [1.29, 1.82) is 5.26 Å². The monoisotopic (exact) mass is 398 g/mol. The summed E-state index contributed by atoms with van der Waals surface area (Å²) in [5.74, 6) is 0.737. The van der Waals surface area contributed by atoms with Gasteiger partial charge in [-0.15, -0.1) is 10.2 Å².